The van der Waals surface area contributed by atoms with Crippen molar-refractivity contribution in [3.8, 4) is 39.3 Å². The summed E-state index contributed by atoms with van der Waals surface area (Å²) in [5, 5.41) is 9.70. The minimum atomic E-state index is 0.832. The lowest BCUT2D eigenvalue weighted by atomic mass is 9.98. The van der Waals surface area contributed by atoms with Crippen LogP contribution in [0.25, 0.3) is 77.9 Å². The average Bonchev–Trinajstić information content (AvgIpc) is 3.46. The predicted molar refractivity (Wildman–Crippen MR) is 186 cm³/mol. The van der Waals surface area contributed by atoms with E-state index in [-0.39, 0.29) is 0 Å². The first-order valence-corrected chi connectivity index (χ1v) is 15.3. The second kappa shape index (κ2) is 10.3. The minimum Gasteiger partial charge on any atom is -0.387 e. The number of hydrogen-bond acceptors (Lipinski definition) is 3. The van der Waals surface area contributed by atoms with Crippen molar-refractivity contribution in [1.82, 2.24) is 19.9 Å². The van der Waals surface area contributed by atoms with Crippen LogP contribution < -0.4 is 5.32 Å². The molecule has 8 aromatic rings. The number of nitrogens with one attached hydrogen (secondary N) is 1. The van der Waals surface area contributed by atoms with Gasteiger partial charge in [0.25, 0.3) is 0 Å². The van der Waals surface area contributed by atoms with Crippen molar-refractivity contribution in [2.75, 3.05) is 0 Å². The molecule has 1 aliphatic heterocycles. The SMILES string of the molecule is C1=Cc2c(c3ccccc3n2-c2cccc(-c3ccc(-c4ccc(-c5ccc6c(ccc7ccccc76)c5)cn4)nc3)c2)CN1. The van der Waals surface area contributed by atoms with Crippen LogP contribution in [0.4, 0.5) is 0 Å². The number of fused-ring (bicyclic) bond motifs is 6. The predicted octanol–water partition coefficient (Wildman–Crippen LogP) is 9.80. The van der Waals surface area contributed by atoms with E-state index >= 15 is 0 Å². The molecule has 5 aromatic carbocycles. The molecule has 0 saturated heterocycles. The zero-order valence-corrected chi connectivity index (χ0v) is 24.5. The van der Waals surface area contributed by atoms with Crippen LogP contribution in [0.5, 0.6) is 0 Å². The second-order valence-corrected chi connectivity index (χ2v) is 11.6. The van der Waals surface area contributed by atoms with E-state index in [0.717, 1.165) is 45.9 Å². The highest BCUT2D eigenvalue weighted by Gasteiger charge is 2.18. The molecule has 0 spiro atoms. The first-order valence-electron chi connectivity index (χ1n) is 15.3. The first kappa shape index (κ1) is 25.5. The average molecular weight is 577 g/mol. The molecule has 0 amide bonds. The molecule has 0 aliphatic carbocycles. The summed E-state index contributed by atoms with van der Waals surface area (Å²) < 4.78 is 2.36. The first-order chi connectivity index (χ1) is 22.3. The molecule has 4 heteroatoms. The molecule has 4 heterocycles. The van der Waals surface area contributed by atoms with E-state index in [1.54, 1.807) is 0 Å². The Balaban J connectivity index is 1.00. The summed E-state index contributed by atoms with van der Waals surface area (Å²) in [6.45, 7) is 0.832. The molecule has 0 bridgehead atoms. The molecule has 0 unspecified atom stereocenters. The molecule has 9 rings (SSSR count). The quantitative estimate of drug-likeness (QED) is 0.212. The van der Waals surface area contributed by atoms with Crippen LogP contribution >= 0.6 is 0 Å². The summed E-state index contributed by atoms with van der Waals surface area (Å²) in [5.41, 5.74) is 11.1. The van der Waals surface area contributed by atoms with Crippen molar-refractivity contribution < 1.29 is 0 Å². The summed E-state index contributed by atoms with van der Waals surface area (Å²) in [6.07, 6.45) is 8.10. The van der Waals surface area contributed by atoms with Crippen molar-refractivity contribution in [2.45, 2.75) is 6.54 Å². The maximum Gasteiger partial charge on any atom is 0.0886 e. The largest absolute Gasteiger partial charge is 0.387 e. The van der Waals surface area contributed by atoms with E-state index in [4.69, 9.17) is 9.97 Å². The van der Waals surface area contributed by atoms with E-state index in [1.807, 2.05) is 18.6 Å². The third-order valence-corrected chi connectivity index (χ3v) is 8.96. The Morgan fingerprint density at radius 1 is 0.533 bits per heavy atom. The molecule has 0 atom stereocenters. The zero-order chi connectivity index (χ0) is 29.7. The van der Waals surface area contributed by atoms with Gasteiger partial charge in [-0.15, -0.1) is 0 Å². The fraction of sp³-hybridized carbons (Fsp3) is 0.0244. The van der Waals surface area contributed by atoms with Gasteiger partial charge in [-0.05, 0) is 81.3 Å². The fourth-order valence-electron chi connectivity index (χ4n) is 6.71. The maximum atomic E-state index is 4.82. The van der Waals surface area contributed by atoms with E-state index in [2.05, 4.69) is 143 Å². The Labute approximate surface area is 261 Å². The Kier molecular flexibility index (Phi) is 5.85. The molecular weight excluding hydrogens is 548 g/mol. The Hall–Kier alpha value is -6.00. The van der Waals surface area contributed by atoms with Crippen LogP contribution in [0.2, 0.25) is 0 Å². The monoisotopic (exact) mass is 576 g/mol. The summed E-state index contributed by atoms with van der Waals surface area (Å²) in [4.78, 5) is 9.62. The summed E-state index contributed by atoms with van der Waals surface area (Å²) in [5.74, 6) is 0. The minimum absolute atomic E-state index is 0.832. The highest BCUT2D eigenvalue weighted by molar-refractivity contribution is 6.08. The molecule has 1 N–H and O–H groups in total. The highest BCUT2D eigenvalue weighted by Crippen LogP contribution is 2.34. The van der Waals surface area contributed by atoms with Crippen LogP contribution in [0.3, 0.4) is 0 Å². The maximum absolute atomic E-state index is 4.82. The van der Waals surface area contributed by atoms with Gasteiger partial charge in [0, 0.05) is 46.7 Å². The molecular formula is C41H28N4. The van der Waals surface area contributed by atoms with E-state index in [1.165, 1.54) is 43.7 Å². The van der Waals surface area contributed by atoms with Gasteiger partial charge in [-0.25, -0.2) is 0 Å². The Morgan fingerprint density at radius 3 is 2.02 bits per heavy atom. The molecule has 3 aromatic heterocycles. The fourth-order valence-corrected chi connectivity index (χ4v) is 6.71. The molecule has 0 radical (unpaired) electrons. The van der Waals surface area contributed by atoms with E-state index < -0.39 is 0 Å². The molecule has 1 aliphatic rings. The molecule has 45 heavy (non-hydrogen) atoms. The van der Waals surface area contributed by atoms with Crippen LogP contribution in [-0.4, -0.2) is 14.5 Å². The van der Waals surface area contributed by atoms with Crippen molar-refractivity contribution in [1.29, 1.82) is 0 Å². The summed E-state index contributed by atoms with van der Waals surface area (Å²) >= 11 is 0. The number of para-hydroxylation sites is 1. The van der Waals surface area contributed by atoms with Gasteiger partial charge < -0.3 is 9.88 Å². The number of aromatic nitrogens is 3. The third-order valence-electron chi connectivity index (χ3n) is 8.96. The van der Waals surface area contributed by atoms with Crippen LogP contribution in [-0.2, 0) is 6.54 Å². The lowest BCUT2D eigenvalue weighted by Crippen LogP contribution is -2.10. The number of rotatable bonds is 4. The van der Waals surface area contributed by atoms with Crippen LogP contribution in [0.15, 0.2) is 146 Å². The molecule has 0 fully saturated rings. The van der Waals surface area contributed by atoms with Crippen molar-refractivity contribution in [3.63, 3.8) is 0 Å². The Morgan fingerprint density at radius 2 is 1.22 bits per heavy atom. The van der Waals surface area contributed by atoms with Gasteiger partial charge in [-0.2, -0.15) is 0 Å². The van der Waals surface area contributed by atoms with Gasteiger partial charge in [0.1, 0.15) is 0 Å². The summed E-state index contributed by atoms with van der Waals surface area (Å²) in [7, 11) is 0. The lowest BCUT2D eigenvalue weighted by molar-refractivity contribution is 0.855. The lowest BCUT2D eigenvalue weighted by Gasteiger charge is -2.14. The number of nitrogens with zero attached hydrogens (tertiary/aromatic N) is 3. The van der Waals surface area contributed by atoms with Crippen molar-refractivity contribution in [2.24, 2.45) is 0 Å². The van der Waals surface area contributed by atoms with Gasteiger partial charge in [0.15, 0.2) is 0 Å². The number of pyridine rings is 2. The standard InChI is InChI=1S/C41H28N4/c1-2-9-34-27(6-1)12-13-30-22-29(14-17-35(30)34)32-16-19-39(44-25-32)38-18-15-31(24-43-38)28-7-5-8-33(23-28)45-40-11-4-3-10-36(40)37-26-42-21-20-41(37)45/h1-25,42H,26H2. The van der Waals surface area contributed by atoms with Crippen molar-refractivity contribution in [3.05, 3.63) is 157 Å². The van der Waals surface area contributed by atoms with Gasteiger partial charge in [0.2, 0.25) is 0 Å². The topological polar surface area (TPSA) is 42.7 Å². The number of benzene rings is 5. The smallest absolute Gasteiger partial charge is 0.0886 e. The summed E-state index contributed by atoms with van der Waals surface area (Å²) in [6, 6.07) is 45.3. The third kappa shape index (κ3) is 4.30. The van der Waals surface area contributed by atoms with Gasteiger partial charge in [0.05, 0.1) is 22.6 Å². The molecule has 212 valence electrons. The van der Waals surface area contributed by atoms with Crippen LogP contribution in [0, 0.1) is 0 Å². The molecule has 4 nitrogen and oxygen atoms in total. The van der Waals surface area contributed by atoms with E-state index in [9.17, 15) is 0 Å². The highest BCUT2D eigenvalue weighted by atomic mass is 15.0. The molecule has 0 saturated carbocycles. The number of hydrogen-bond donors (Lipinski definition) is 1. The van der Waals surface area contributed by atoms with Gasteiger partial charge in [-0.3, -0.25) is 9.97 Å². The Bertz CT molecular complexity index is 2420. The second-order valence-electron chi connectivity index (χ2n) is 11.6. The zero-order valence-electron chi connectivity index (χ0n) is 24.5. The van der Waals surface area contributed by atoms with Gasteiger partial charge in [-0.1, -0.05) is 91.0 Å². The normalized spacial score (nSPS) is 12.4. The van der Waals surface area contributed by atoms with Crippen LogP contribution in [0.1, 0.15) is 11.3 Å². The van der Waals surface area contributed by atoms with Crippen molar-refractivity contribution >= 4 is 38.5 Å². The van der Waals surface area contributed by atoms with Gasteiger partial charge >= 0.3 is 0 Å². The van der Waals surface area contributed by atoms with E-state index in [0.29, 0.717) is 0 Å².